The standard InChI is InChI=1S/C20H22N2O3S/c1-15-7-6-12-21(13-15)20(23)14-22-16-8-2-4-10-18(16)26(24,25)19-11-5-3-9-17(19)22/h2-5,8-11,15H,6-7,12-14H2,1H3. The van der Waals surface area contributed by atoms with Gasteiger partial charge in [-0.2, -0.15) is 0 Å². The molecule has 1 fully saturated rings. The largest absolute Gasteiger partial charge is 0.341 e. The Kier molecular flexibility index (Phi) is 4.23. The van der Waals surface area contributed by atoms with Crippen molar-refractivity contribution < 1.29 is 13.2 Å². The maximum atomic E-state index is 12.9. The molecule has 1 saturated heterocycles. The van der Waals surface area contributed by atoms with E-state index in [2.05, 4.69) is 6.92 Å². The third kappa shape index (κ3) is 2.78. The molecule has 6 heteroatoms. The van der Waals surface area contributed by atoms with E-state index in [1.54, 1.807) is 36.4 Å². The van der Waals surface area contributed by atoms with Gasteiger partial charge in [-0.05, 0) is 43.0 Å². The van der Waals surface area contributed by atoms with Crippen LogP contribution < -0.4 is 4.90 Å². The molecular formula is C20H22N2O3S. The second kappa shape index (κ2) is 6.43. The minimum Gasteiger partial charge on any atom is -0.341 e. The topological polar surface area (TPSA) is 57.7 Å². The zero-order valence-corrected chi connectivity index (χ0v) is 15.6. The van der Waals surface area contributed by atoms with Gasteiger partial charge in [-0.15, -0.1) is 0 Å². The summed E-state index contributed by atoms with van der Waals surface area (Å²) >= 11 is 0. The van der Waals surface area contributed by atoms with E-state index in [1.807, 2.05) is 21.9 Å². The quantitative estimate of drug-likeness (QED) is 0.814. The Morgan fingerprint density at radius 1 is 1.04 bits per heavy atom. The van der Waals surface area contributed by atoms with E-state index in [-0.39, 0.29) is 22.2 Å². The number of rotatable bonds is 2. The fraction of sp³-hybridized carbons (Fsp3) is 0.350. The van der Waals surface area contributed by atoms with Gasteiger partial charge in [-0.25, -0.2) is 8.42 Å². The van der Waals surface area contributed by atoms with E-state index in [0.29, 0.717) is 17.3 Å². The number of carbonyl (C=O) groups excluding carboxylic acids is 1. The molecule has 0 radical (unpaired) electrons. The summed E-state index contributed by atoms with van der Waals surface area (Å²) in [7, 11) is -3.57. The molecule has 2 aromatic carbocycles. The third-order valence-corrected chi connectivity index (χ3v) is 7.04. The molecule has 5 nitrogen and oxygen atoms in total. The number of hydrogen-bond acceptors (Lipinski definition) is 4. The summed E-state index contributed by atoms with van der Waals surface area (Å²) in [5.41, 5.74) is 1.15. The van der Waals surface area contributed by atoms with Crippen molar-refractivity contribution >= 4 is 27.1 Å². The fourth-order valence-electron chi connectivity index (χ4n) is 3.88. The Morgan fingerprint density at radius 2 is 1.62 bits per heavy atom. The van der Waals surface area contributed by atoms with Crippen molar-refractivity contribution in [2.75, 3.05) is 24.5 Å². The van der Waals surface area contributed by atoms with Gasteiger partial charge in [0, 0.05) is 13.1 Å². The van der Waals surface area contributed by atoms with Crippen molar-refractivity contribution in [3.05, 3.63) is 48.5 Å². The van der Waals surface area contributed by atoms with Crippen LogP contribution in [0.5, 0.6) is 0 Å². The predicted molar refractivity (Wildman–Crippen MR) is 100 cm³/mol. The molecule has 1 unspecified atom stereocenters. The second-order valence-electron chi connectivity index (χ2n) is 7.11. The number of benzene rings is 2. The van der Waals surface area contributed by atoms with Crippen molar-refractivity contribution in [3.63, 3.8) is 0 Å². The maximum absolute atomic E-state index is 12.9. The Bertz CT molecular complexity index is 902. The summed E-state index contributed by atoms with van der Waals surface area (Å²) in [4.78, 5) is 17.2. The van der Waals surface area contributed by atoms with Crippen molar-refractivity contribution in [1.82, 2.24) is 4.90 Å². The third-order valence-electron chi connectivity index (χ3n) is 5.19. The summed E-state index contributed by atoms with van der Waals surface area (Å²) < 4.78 is 25.9. The van der Waals surface area contributed by atoms with Crippen LogP contribution >= 0.6 is 0 Å². The first-order chi connectivity index (χ1) is 12.5. The first-order valence-electron chi connectivity index (χ1n) is 8.97. The van der Waals surface area contributed by atoms with Gasteiger partial charge in [-0.1, -0.05) is 31.2 Å². The van der Waals surface area contributed by atoms with Crippen molar-refractivity contribution in [2.24, 2.45) is 5.92 Å². The smallest absolute Gasteiger partial charge is 0.242 e. The molecule has 136 valence electrons. The van der Waals surface area contributed by atoms with Crippen molar-refractivity contribution in [1.29, 1.82) is 0 Å². The fourth-order valence-corrected chi connectivity index (χ4v) is 5.54. The highest BCUT2D eigenvalue weighted by Gasteiger charge is 2.35. The summed E-state index contributed by atoms with van der Waals surface area (Å²) in [5.74, 6) is 0.550. The molecule has 26 heavy (non-hydrogen) atoms. The van der Waals surface area contributed by atoms with E-state index in [4.69, 9.17) is 0 Å². The van der Waals surface area contributed by atoms with E-state index < -0.39 is 9.84 Å². The number of anilines is 2. The van der Waals surface area contributed by atoms with Gasteiger partial charge in [0.15, 0.2) is 0 Å². The number of piperidine rings is 1. The maximum Gasteiger partial charge on any atom is 0.242 e. The Balaban J connectivity index is 1.74. The van der Waals surface area contributed by atoms with Crippen LogP contribution in [0.15, 0.2) is 58.3 Å². The van der Waals surface area contributed by atoms with E-state index >= 15 is 0 Å². The predicted octanol–water partition coefficient (Wildman–Crippen LogP) is 3.23. The molecule has 2 heterocycles. The molecular weight excluding hydrogens is 348 g/mol. The second-order valence-corrected chi connectivity index (χ2v) is 9.00. The van der Waals surface area contributed by atoms with Gasteiger partial charge in [0.2, 0.25) is 15.7 Å². The highest BCUT2D eigenvalue weighted by Crippen LogP contribution is 2.43. The number of hydrogen-bond donors (Lipinski definition) is 0. The van der Waals surface area contributed by atoms with Crippen LogP contribution in [0.1, 0.15) is 19.8 Å². The first kappa shape index (κ1) is 17.1. The number of para-hydroxylation sites is 2. The normalized spacial score (nSPS) is 21.0. The van der Waals surface area contributed by atoms with Gasteiger partial charge >= 0.3 is 0 Å². The average Bonchev–Trinajstić information content (AvgIpc) is 2.65. The minimum atomic E-state index is -3.57. The van der Waals surface area contributed by atoms with Gasteiger partial charge in [0.05, 0.1) is 21.2 Å². The SMILES string of the molecule is CC1CCCN(C(=O)CN2c3ccccc3S(=O)(=O)c3ccccc32)C1. The molecule has 0 aromatic heterocycles. The summed E-state index contributed by atoms with van der Waals surface area (Å²) in [6.45, 7) is 3.86. The molecule has 0 N–H and O–H groups in total. The lowest BCUT2D eigenvalue weighted by molar-refractivity contribution is -0.131. The van der Waals surface area contributed by atoms with Crippen LogP contribution in [0.2, 0.25) is 0 Å². The molecule has 1 amide bonds. The molecule has 0 aliphatic carbocycles. The molecule has 2 aliphatic rings. The van der Waals surface area contributed by atoms with Gasteiger partial charge in [0.1, 0.15) is 6.54 Å². The van der Waals surface area contributed by atoms with Crippen LogP contribution in [-0.2, 0) is 14.6 Å². The number of amides is 1. The number of fused-ring (bicyclic) bond motifs is 2. The van der Waals surface area contributed by atoms with E-state index in [9.17, 15) is 13.2 Å². The zero-order valence-electron chi connectivity index (χ0n) is 14.8. The van der Waals surface area contributed by atoms with E-state index in [0.717, 1.165) is 25.9 Å². The molecule has 1 atom stereocenters. The van der Waals surface area contributed by atoms with E-state index in [1.165, 1.54) is 0 Å². The monoisotopic (exact) mass is 370 g/mol. The molecule has 2 aliphatic heterocycles. The Hall–Kier alpha value is -2.34. The number of nitrogens with zero attached hydrogens (tertiary/aromatic N) is 2. The number of likely N-dealkylation sites (tertiary alicyclic amines) is 1. The minimum absolute atomic E-state index is 0.0421. The highest BCUT2D eigenvalue weighted by molar-refractivity contribution is 7.92. The first-order valence-corrected chi connectivity index (χ1v) is 10.5. The number of carbonyl (C=O) groups is 1. The molecule has 0 spiro atoms. The van der Waals surface area contributed by atoms with Gasteiger partial charge < -0.3 is 9.80 Å². The summed E-state index contributed by atoms with van der Waals surface area (Å²) in [6.07, 6.45) is 2.17. The van der Waals surface area contributed by atoms with Crippen LogP contribution in [0.3, 0.4) is 0 Å². The summed E-state index contributed by atoms with van der Waals surface area (Å²) in [6, 6.07) is 13.8. The van der Waals surface area contributed by atoms with Crippen molar-refractivity contribution in [2.45, 2.75) is 29.6 Å². The van der Waals surface area contributed by atoms with Crippen molar-refractivity contribution in [3.8, 4) is 0 Å². The van der Waals surface area contributed by atoms with Crippen LogP contribution in [0.25, 0.3) is 0 Å². The lowest BCUT2D eigenvalue weighted by Gasteiger charge is -2.36. The summed E-state index contributed by atoms with van der Waals surface area (Å²) in [5, 5.41) is 0. The van der Waals surface area contributed by atoms with Crippen LogP contribution in [0, 0.1) is 5.92 Å². The van der Waals surface area contributed by atoms with Crippen LogP contribution in [0.4, 0.5) is 11.4 Å². The molecule has 4 rings (SSSR count). The highest BCUT2D eigenvalue weighted by atomic mass is 32.2. The molecule has 2 aromatic rings. The molecule has 0 saturated carbocycles. The van der Waals surface area contributed by atoms with Crippen LogP contribution in [-0.4, -0.2) is 38.9 Å². The van der Waals surface area contributed by atoms with Gasteiger partial charge in [0.25, 0.3) is 0 Å². The Morgan fingerprint density at radius 3 is 2.19 bits per heavy atom. The Labute approximate surface area is 154 Å². The lowest BCUT2D eigenvalue weighted by Crippen LogP contribution is -2.44. The lowest BCUT2D eigenvalue weighted by atomic mass is 10.0. The van der Waals surface area contributed by atoms with Gasteiger partial charge in [-0.3, -0.25) is 4.79 Å². The average molecular weight is 370 g/mol. The zero-order chi connectivity index (χ0) is 18.3. The number of sulfone groups is 1. The molecule has 0 bridgehead atoms.